The topological polar surface area (TPSA) is 41.6 Å². The van der Waals surface area contributed by atoms with Crippen LogP contribution in [0, 0.1) is 6.92 Å². The van der Waals surface area contributed by atoms with Crippen molar-refractivity contribution in [3.05, 3.63) is 29.3 Å². The first kappa shape index (κ1) is 15.5. The number of nitrogens with one attached hydrogen (secondary N) is 1. The van der Waals surface area contributed by atoms with Gasteiger partial charge in [-0.25, -0.2) is 0 Å². The third-order valence-electron chi connectivity index (χ3n) is 3.12. The summed E-state index contributed by atoms with van der Waals surface area (Å²) in [4.78, 5) is 13.7. The summed E-state index contributed by atoms with van der Waals surface area (Å²) >= 11 is 0. The quantitative estimate of drug-likeness (QED) is 0.818. The number of rotatable bonds is 7. The molecule has 4 heteroatoms. The van der Waals surface area contributed by atoms with Crippen LogP contribution in [0.15, 0.2) is 18.2 Å². The molecule has 0 spiro atoms. The summed E-state index contributed by atoms with van der Waals surface area (Å²) in [7, 11) is 1.90. The van der Waals surface area contributed by atoms with Gasteiger partial charge in [0.1, 0.15) is 5.75 Å². The van der Waals surface area contributed by atoms with Crippen molar-refractivity contribution in [2.75, 3.05) is 26.7 Å². The zero-order valence-electron chi connectivity index (χ0n) is 12.3. The van der Waals surface area contributed by atoms with Crippen LogP contribution in [0.25, 0.3) is 0 Å². The lowest BCUT2D eigenvalue weighted by atomic mass is 10.1. The van der Waals surface area contributed by atoms with E-state index in [0.29, 0.717) is 0 Å². The van der Waals surface area contributed by atoms with Gasteiger partial charge in [-0.2, -0.15) is 0 Å². The van der Waals surface area contributed by atoms with Crippen molar-refractivity contribution < 1.29 is 9.53 Å². The smallest absolute Gasteiger partial charge is 0.260 e. The number of nitrogens with zero attached hydrogens (tertiary/aromatic N) is 1. The predicted octanol–water partition coefficient (Wildman–Crippen LogP) is 1.96. The number of aryl methyl sites for hydroxylation is 1. The van der Waals surface area contributed by atoms with Crippen molar-refractivity contribution in [3.8, 4) is 5.75 Å². The Hall–Kier alpha value is -1.55. The minimum Gasteiger partial charge on any atom is -0.483 e. The fourth-order valence-electron chi connectivity index (χ4n) is 2.05. The monoisotopic (exact) mass is 264 g/mol. The van der Waals surface area contributed by atoms with Gasteiger partial charge in [0.25, 0.3) is 5.91 Å². The summed E-state index contributed by atoms with van der Waals surface area (Å²) in [5.74, 6) is 0.848. The molecule has 4 nitrogen and oxygen atoms in total. The van der Waals surface area contributed by atoms with Gasteiger partial charge >= 0.3 is 0 Å². The number of hydrogen-bond acceptors (Lipinski definition) is 3. The van der Waals surface area contributed by atoms with Gasteiger partial charge in [-0.05, 0) is 33.4 Å². The third kappa shape index (κ3) is 4.24. The Bertz CT molecular complexity index is 415. The van der Waals surface area contributed by atoms with Crippen LogP contribution >= 0.6 is 0 Å². The molecule has 1 rings (SSSR count). The summed E-state index contributed by atoms with van der Waals surface area (Å²) in [6.45, 7) is 8.21. The van der Waals surface area contributed by atoms with E-state index in [0.717, 1.165) is 36.5 Å². The van der Waals surface area contributed by atoms with Crippen molar-refractivity contribution in [1.29, 1.82) is 0 Å². The number of amides is 1. The number of benzene rings is 1. The molecule has 0 saturated carbocycles. The van der Waals surface area contributed by atoms with Crippen LogP contribution in [-0.2, 0) is 11.3 Å². The van der Waals surface area contributed by atoms with Gasteiger partial charge in [0.05, 0.1) is 0 Å². The summed E-state index contributed by atoms with van der Waals surface area (Å²) in [5, 5.41) is 3.11. The van der Waals surface area contributed by atoms with Crippen molar-refractivity contribution in [2.24, 2.45) is 0 Å². The van der Waals surface area contributed by atoms with Crippen molar-refractivity contribution in [2.45, 2.75) is 27.3 Å². The SMILES string of the molecule is CCN(CC)C(=O)COc1c(C)cccc1CNC. The van der Waals surface area contributed by atoms with E-state index in [1.165, 1.54) is 0 Å². The van der Waals surface area contributed by atoms with E-state index in [1.807, 2.05) is 46.0 Å². The second-order valence-electron chi connectivity index (χ2n) is 4.45. The van der Waals surface area contributed by atoms with Gasteiger partial charge in [-0.3, -0.25) is 4.79 Å². The number of carbonyl (C=O) groups excluding carboxylic acids is 1. The predicted molar refractivity (Wildman–Crippen MR) is 77.4 cm³/mol. The van der Waals surface area contributed by atoms with E-state index >= 15 is 0 Å². The molecule has 1 N–H and O–H groups in total. The summed E-state index contributed by atoms with van der Waals surface area (Å²) < 4.78 is 5.74. The summed E-state index contributed by atoms with van der Waals surface area (Å²) in [6.07, 6.45) is 0. The highest BCUT2D eigenvalue weighted by atomic mass is 16.5. The Morgan fingerprint density at radius 3 is 2.58 bits per heavy atom. The van der Waals surface area contributed by atoms with Crippen LogP contribution in [0.4, 0.5) is 0 Å². The maximum absolute atomic E-state index is 11.9. The fraction of sp³-hybridized carbons (Fsp3) is 0.533. The second-order valence-corrected chi connectivity index (χ2v) is 4.45. The van der Waals surface area contributed by atoms with Crippen LogP contribution in [0.3, 0.4) is 0 Å². The summed E-state index contributed by atoms with van der Waals surface area (Å²) in [6, 6.07) is 6.01. The highest BCUT2D eigenvalue weighted by Crippen LogP contribution is 2.23. The molecule has 0 saturated heterocycles. The van der Waals surface area contributed by atoms with Crippen LogP contribution in [0.5, 0.6) is 5.75 Å². The van der Waals surface area contributed by atoms with Crippen molar-refractivity contribution in [1.82, 2.24) is 10.2 Å². The Kier molecular flexibility index (Phi) is 6.36. The number of ether oxygens (including phenoxy) is 1. The molecule has 0 aliphatic carbocycles. The van der Waals surface area contributed by atoms with E-state index in [9.17, 15) is 4.79 Å². The maximum atomic E-state index is 11.9. The largest absolute Gasteiger partial charge is 0.483 e. The van der Waals surface area contributed by atoms with E-state index in [1.54, 1.807) is 4.90 Å². The van der Waals surface area contributed by atoms with Gasteiger partial charge in [-0.15, -0.1) is 0 Å². The molecule has 106 valence electrons. The molecule has 0 atom stereocenters. The molecule has 1 aromatic rings. The Morgan fingerprint density at radius 1 is 1.32 bits per heavy atom. The first-order valence-corrected chi connectivity index (χ1v) is 6.77. The molecular formula is C15H24N2O2. The lowest BCUT2D eigenvalue weighted by molar-refractivity contribution is -0.132. The van der Waals surface area contributed by atoms with Crippen molar-refractivity contribution in [3.63, 3.8) is 0 Å². The molecule has 0 aromatic heterocycles. The fourth-order valence-corrected chi connectivity index (χ4v) is 2.05. The first-order chi connectivity index (χ1) is 9.13. The van der Waals surface area contributed by atoms with Crippen LogP contribution in [0.1, 0.15) is 25.0 Å². The highest BCUT2D eigenvalue weighted by molar-refractivity contribution is 5.77. The number of carbonyl (C=O) groups is 1. The molecule has 1 amide bonds. The molecule has 0 aliphatic heterocycles. The van der Waals surface area contributed by atoms with Gasteiger partial charge in [0.15, 0.2) is 6.61 Å². The average molecular weight is 264 g/mol. The zero-order valence-corrected chi connectivity index (χ0v) is 12.3. The molecule has 0 unspecified atom stereocenters. The van der Waals surface area contributed by atoms with Crippen LogP contribution < -0.4 is 10.1 Å². The Balaban J connectivity index is 2.74. The number of likely N-dealkylation sites (N-methyl/N-ethyl adjacent to an activating group) is 1. The number of para-hydroxylation sites is 1. The number of hydrogen-bond donors (Lipinski definition) is 1. The minimum atomic E-state index is 0.0312. The third-order valence-corrected chi connectivity index (χ3v) is 3.12. The lowest BCUT2D eigenvalue weighted by Gasteiger charge is -2.20. The Morgan fingerprint density at radius 2 is 2.00 bits per heavy atom. The van der Waals surface area contributed by atoms with E-state index in [4.69, 9.17) is 4.74 Å². The molecule has 1 aromatic carbocycles. The average Bonchev–Trinajstić information content (AvgIpc) is 2.40. The highest BCUT2D eigenvalue weighted by Gasteiger charge is 2.12. The molecule has 0 heterocycles. The summed E-state index contributed by atoms with van der Waals surface area (Å²) in [5.41, 5.74) is 2.13. The van der Waals surface area contributed by atoms with Crippen molar-refractivity contribution >= 4 is 5.91 Å². The first-order valence-electron chi connectivity index (χ1n) is 6.77. The minimum absolute atomic E-state index is 0.0312. The van der Waals surface area contributed by atoms with E-state index in [-0.39, 0.29) is 12.5 Å². The van der Waals surface area contributed by atoms with Gasteiger partial charge in [-0.1, -0.05) is 18.2 Å². The lowest BCUT2D eigenvalue weighted by Crippen LogP contribution is -2.34. The zero-order chi connectivity index (χ0) is 14.3. The van der Waals surface area contributed by atoms with E-state index < -0.39 is 0 Å². The van der Waals surface area contributed by atoms with E-state index in [2.05, 4.69) is 5.32 Å². The molecule has 0 aliphatic rings. The maximum Gasteiger partial charge on any atom is 0.260 e. The standard InChI is InChI=1S/C15H24N2O2/c1-5-17(6-2)14(18)11-19-15-12(3)8-7-9-13(15)10-16-4/h7-9,16H,5-6,10-11H2,1-4H3. The van der Waals surface area contributed by atoms with Gasteiger partial charge < -0.3 is 15.0 Å². The van der Waals surface area contributed by atoms with Crippen LogP contribution in [0.2, 0.25) is 0 Å². The normalized spacial score (nSPS) is 10.3. The molecule has 0 radical (unpaired) electrons. The Labute approximate surface area is 115 Å². The van der Waals surface area contributed by atoms with Gasteiger partial charge in [0.2, 0.25) is 0 Å². The van der Waals surface area contributed by atoms with Crippen LogP contribution in [-0.4, -0.2) is 37.6 Å². The molecular weight excluding hydrogens is 240 g/mol. The molecule has 0 fully saturated rings. The second kappa shape index (κ2) is 7.79. The molecule has 19 heavy (non-hydrogen) atoms. The van der Waals surface area contributed by atoms with Gasteiger partial charge in [0, 0.05) is 25.2 Å². The molecule has 0 bridgehead atoms.